The molecule has 6 heteroatoms. The first-order chi connectivity index (χ1) is 13.5. The van der Waals surface area contributed by atoms with E-state index in [0.29, 0.717) is 16.8 Å². The van der Waals surface area contributed by atoms with Crippen LogP contribution in [0.15, 0.2) is 48.5 Å². The minimum absolute atomic E-state index is 0.112. The molecule has 0 unspecified atom stereocenters. The van der Waals surface area contributed by atoms with Gasteiger partial charge in [0.05, 0.1) is 5.56 Å². The average Bonchev–Trinajstić information content (AvgIpc) is 2.67. The zero-order valence-electron chi connectivity index (χ0n) is 17.8. The van der Waals surface area contributed by atoms with Crippen LogP contribution < -0.4 is 10.2 Å². The van der Waals surface area contributed by atoms with E-state index in [1.807, 2.05) is 45.8 Å². The van der Waals surface area contributed by atoms with Crippen LogP contribution >= 0.6 is 0 Å². The Morgan fingerprint density at radius 2 is 1.59 bits per heavy atom. The van der Waals surface area contributed by atoms with Crippen LogP contribution in [-0.4, -0.2) is 37.9 Å². The molecule has 0 saturated carbocycles. The number of ether oxygens (including phenoxy) is 1. The molecule has 154 valence electrons. The highest BCUT2D eigenvalue weighted by Crippen LogP contribution is 2.19. The molecule has 2 aromatic carbocycles. The zero-order chi connectivity index (χ0) is 21.8. The van der Waals surface area contributed by atoms with E-state index in [9.17, 15) is 14.4 Å². The Morgan fingerprint density at radius 3 is 2.14 bits per heavy atom. The van der Waals surface area contributed by atoms with E-state index in [1.165, 1.54) is 0 Å². The van der Waals surface area contributed by atoms with Crippen LogP contribution in [0.4, 0.5) is 11.4 Å². The Kier molecular flexibility index (Phi) is 6.80. The maximum atomic E-state index is 12.6. The molecule has 0 aliphatic carbocycles. The molecule has 2 aromatic rings. The fourth-order valence-corrected chi connectivity index (χ4v) is 2.46. The van der Waals surface area contributed by atoms with Crippen molar-refractivity contribution in [2.45, 2.75) is 33.8 Å². The van der Waals surface area contributed by atoms with Crippen LogP contribution in [0.5, 0.6) is 0 Å². The van der Waals surface area contributed by atoms with Crippen LogP contribution in [0.25, 0.3) is 0 Å². The summed E-state index contributed by atoms with van der Waals surface area (Å²) >= 11 is 0. The predicted octanol–water partition coefficient (Wildman–Crippen LogP) is 4.17. The fourth-order valence-electron chi connectivity index (χ4n) is 2.46. The SMILES string of the molecule is C[C@@H](OC(=O)c1cccc(N(C)C)c1)C(=O)c1ccc(NC(=O)C(C)(C)C)cc1. The molecule has 0 aliphatic rings. The van der Waals surface area contributed by atoms with Gasteiger partial charge in [-0.05, 0) is 49.4 Å². The molecule has 0 spiro atoms. The lowest BCUT2D eigenvalue weighted by Gasteiger charge is -2.18. The topological polar surface area (TPSA) is 75.7 Å². The standard InChI is InChI=1S/C23H28N2O4/c1-15(29-21(27)17-8-7-9-19(14-17)25(5)6)20(26)16-10-12-18(13-11-16)24-22(28)23(2,3)4/h7-15H,1-6H3,(H,24,28)/t15-/m1/s1. The molecule has 1 amide bonds. The Bertz CT molecular complexity index is 896. The summed E-state index contributed by atoms with van der Waals surface area (Å²) in [6.07, 6.45) is -0.930. The molecular weight excluding hydrogens is 368 g/mol. The number of benzene rings is 2. The number of carbonyl (C=O) groups excluding carboxylic acids is 3. The number of rotatable bonds is 6. The Labute approximate surface area is 171 Å². The van der Waals surface area contributed by atoms with Gasteiger partial charge in [0, 0.05) is 36.4 Å². The summed E-state index contributed by atoms with van der Waals surface area (Å²) in [5.41, 5.74) is 1.75. The molecule has 2 rings (SSSR count). The predicted molar refractivity (Wildman–Crippen MR) is 115 cm³/mol. The molecule has 0 fully saturated rings. The molecule has 0 aliphatic heterocycles. The van der Waals surface area contributed by atoms with Crippen LogP contribution in [0, 0.1) is 5.41 Å². The van der Waals surface area contributed by atoms with Crippen molar-refractivity contribution in [3.63, 3.8) is 0 Å². The van der Waals surface area contributed by atoms with Crippen LogP contribution in [0.2, 0.25) is 0 Å². The number of hydrogen-bond acceptors (Lipinski definition) is 5. The highest BCUT2D eigenvalue weighted by Gasteiger charge is 2.23. The number of amides is 1. The number of nitrogens with zero attached hydrogens (tertiary/aromatic N) is 1. The molecule has 0 radical (unpaired) electrons. The number of esters is 1. The van der Waals surface area contributed by atoms with E-state index in [2.05, 4.69) is 5.32 Å². The quantitative estimate of drug-likeness (QED) is 0.586. The van der Waals surface area contributed by atoms with Crippen molar-refractivity contribution in [1.29, 1.82) is 0 Å². The van der Waals surface area contributed by atoms with Gasteiger partial charge in [-0.2, -0.15) is 0 Å². The largest absolute Gasteiger partial charge is 0.451 e. The molecule has 0 saturated heterocycles. The Balaban J connectivity index is 2.03. The third-order valence-corrected chi connectivity index (χ3v) is 4.36. The van der Waals surface area contributed by atoms with E-state index in [1.54, 1.807) is 49.4 Å². The summed E-state index contributed by atoms with van der Waals surface area (Å²) < 4.78 is 5.35. The molecule has 6 nitrogen and oxygen atoms in total. The third kappa shape index (κ3) is 5.91. The second-order valence-corrected chi connectivity index (χ2v) is 8.14. The van der Waals surface area contributed by atoms with Gasteiger partial charge < -0.3 is 15.0 Å². The van der Waals surface area contributed by atoms with Gasteiger partial charge in [-0.15, -0.1) is 0 Å². The number of ketones is 1. The fraction of sp³-hybridized carbons (Fsp3) is 0.348. The second-order valence-electron chi connectivity index (χ2n) is 8.14. The normalized spacial score (nSPS) is 12.1. The number of nitrogens with one attached hydrogen (secondary N) is 1. The summed E-state index contributed by atoms with van der Waals surface area (Å²) in [5.74, 6) is -0.974. The van der Waals surface area contributed by atoms with Gasteiger partial charge in [-0.25, -0.2) is 4.79 Å². The minimum Gasteiger partial charge on any atom is -0.451 e. The van der Waals surface area contributed by atoms with Crippen LogP contribution in [0.1, 0.15) is 48.4 Å². The first-order valence-corrected chi connectivity index (χ1v) is 9.43. The Morgan fingerprint density at radius 1 is 0.966 bits per heavy atom. The van der Waals surface area contributed by atoms with Gasteiger partial charge in [0.15, 0.2) is 6.10 Å². The minimum atomic E-state index is -0.930. The number of carbonyl (C=O) groups is 3. The molecule has 29 heavy (non-hydrogen) atoms. The smallest absolute Gasteiger partial charge is 0.338 e. The Hall–Kier alpha value is -3.15. The molecular formula is C23H28N2O4. The first kappa shape index (κ1) is 22.1. The van der Waals surface area contributed by atoms with Crippen molar-refractivity contribution < 1.29 is 19.1 Å². The van der Waals surface area contributed by atoms with Crippen molar-refractivity contribution in [2.24, 2.45) is 5.41 Å². The highest BCUT2D eigenvalue weighted by molar-refractivity contribution is 6.02. The van der Waals surface area contributed by atoms with Gasteiger partial charge in [0.1, 0.15) is 0 Å². The van der Waals surface area contributed by atoms with E-state index in [0.717, 1.165) is 5.69 Å². The highest BCUT2D eigenvalue weighted by atomic mass is 16.5. The number of Topliss-reactive ketones (excluding diaryl/α,β-unsaturated/α-hetero) is 1. The van der Waals surface area contributed by atoms with E-state index in [4.69, 9.17) is 4.74 Å². The van der Waals surface area contributed by atoms with Crippen molar-refractivity contribution in [3.8, 4) is 0 Å². The van der Waals surface area contributed by atoms with Gasteiger partial charge in [0.25, 0.3) is 0 Å². The second kappa shape index (κ2) is 8.90. The van der Waals surface area contributed by atoms with Crippen molar-refractivity contribution in [2.75, 3.05) is 24.3 Å². The number of hydrogen-bond donors (Lipinski definition) is 1. The molecule has 0 heterocycles. The van der Waals surface area contributed by atoms with Gasteiger partial charge in [-0.3, -0.25) is 9.59 Å². The van der Waals surface area contributed by atoms with E-state index >= 15 is 0 Å². The molecule has 1 N–H and O–H groups in total. The zero-order valence-corrected chi connectivity index (χ0v) is 17.8. The monoisotopic (exact) mass is 396 g/mol. The van der Waals surface area contributed by atoms with Gasteiger partial charge >= 0.3 is 5.97 Å². The maximum absolute atomic E-state index is 12.6. The summed E-state index contributed by atoms with van der Waals surface area (Å²) in [5, 5.41) is 2.81. The van der Waals surface area contributed by atoms with Gasteiger partial charge in [0.2, 0.25) is 11.7 Å². The lowest BCUT2D eigenvalue weighted by Crippen LogP contribution is -2.27. The van der Waals surface area contributed by atoms with Crippen molar-refractivity contribution in [1.82, 2.24) is 0 Å². The number of anilines is 2. The maximum Gasteiger partial charge on any atom is 0.338 e. The summed E-state index contributed by atoms with van der Waals surface area (Å²) in [6, 6.07) is 13.5. The lowest BCUT2D eigenvalue weighted by atomic mass is 9.95. The third-order valence-electron chi connectivity index (χ3n) is 4.36. The molecule has 1 atom stereocenters. The molecule has 0 aromatic heterocycles. The van der Waals surface area contributed by atoms with Crippen LogP contribution in [-0.2, 0) is 9.53 Å². The van der Waals surface area contributed by atoms with E-state index in [-0.39, 0.29) is 11.7 Å². The summed E-state index contributed by atoms with van der Waals surface area (Å²) in [7, 11) is 3.76. The van der Waals surface area contributed by atoms with Crippen LogP contribution in [0.3, 0.4) is 0 Å². The lowest BCUT2D eigenvalue weighted by molar-refractivity contribution is -0.123. The average molecular weight is 396 g/mol. The van der Waals surface area contributed by atoms with Crippen molar-refractivity contribution in [3.05, 3.63) is 59.7 Å². The van der Waals surface area contributed by atoms with Crippen molar-refractivity contribution >= 4 is 29.0 Å². The van der Waals surface area contributed by atoms with E-state index < -0.39 is 17.5 Å². The summed E-state index contributed by atoms with van der Waals surface area (Å²) in [6.45, 7) is 7.02. The molecule has 0 bridgehead atoms. The first-order valence-electron chi connectivity index (χ1n) is 9.43. The summed E-state index contributed by atoms with van der Waals surface area (Å²) in [4.78, 5) is 38.9. The van der Waals surface area contributed by atoms with Gasteiger partial charge in [-0.1, -0.05) is 26.8 Å².